The topological polar surface area (TPSA) is 12.0 Å². The van der Waals surface area contributed by atoms with Gasteiger partial charge in [-0.2, -0.15) is 0 Å². The van der Waals surface area contributed by atoms with Crippen molar-refractivity contribution >= 4 is 39.3 Å². The summed E-state index contributed by atoms with van der Waals surface area (Å²) >= 11 is 11.5. The largest absolute Gasteiger partial charge is 0.309 e. The number of thioether (sulfide) groups is 1. The highest BCUT2D eigenvalue weighted by molar-refractivity contribution is 9.10. The summed E-state index contributed by atoms with van der Waals surface area (Å²) in [6.45, 7) is 3.09. The van der Waals surface area contributed by atoms with Gasteiger partial charge in [0.1, 0.15) is 0 Å². The minimum atomic E-state index is 0.256. The maximum Gasteiger partial charge on any atom is 0.0464 e. The molecule has 0 aliphatic heterocycles. The Hall–Kier alpha value is -0.480. The Bertz CT molecular complexity index is 547. The van der Waals surface area contributed by atoms with Crippen molar-refractivity contribution < 1.29 is 0 Å². The van der Waals surface area contributed by atoms with Gasteiger partial charge >= 0.3 is 0 Å². The molecule has 0 aliphatic carbocycles. The molecule has 0 saturated heterocycles. The lowest BCUT2D eigenvalue weighted by atomic mass is 10.1. The molecule has 2 rings (SSSR count). The summed E-state index contributed by atoms with van der Waals surface area (Å²) in [6, 6.07) is 16.7. The van der Waals surface area contributed by atoms with Crippen LogP contribution in [0.25, 0.3) is 0 Å². The van der Waals surface area contributed by atoms with Crippen molar-refractivity contribution in [3.63, 3.8) is 0 Å². The maximum atomic E-state index is 6.26. The molecule has 0 spiro atoms. The SMILES string of the molecule is CC(NCCSc1ccccc1)c1ccc(Br)cc1Cl. The molecule has 0 saturated carbocycles. The van der Waals surface area contributed by atoms with Crippen LogP contribution in [0.15, 0.2) is 57.9 Å². The molecule has 1 unspecified atom stereocenters. The fraction of sp³-hybridized carbons (Fsp3) is 0.250. The minimum absolute atomic E-state index is 0.256. The molecule has 0 aromatic heterocycles. The van der Waals surface area contributed by atoms with Crippen LogP contribution in [0.1, 0.15) is 18.5 Å². The molecule has 0 radical (unpaired) electrons. The molecule has 20 heavy (non-hydrogen) atoms. The van der Waals surface area contributed by atoms with Crippen LogP contribution in [0.4, 0.5) is 0 Å². The van der Waals surface area contributed by atoms with Crippen LogP contribution in [0, 0.1) is 0 Å². The molecule has 2 aromatic carbocycles. The van der Waals surface area contributed by atoms with Crippen LogP contribution in [0.5, 0.6) is 0 Å². The van der Waals surface area contributed by atoms with Crippen LogP contribution in [0.2, 0.25) is 5.02 Å². The van der Waals surface area contributed by atoms with Crippen molar-refractivity contribution in [3.8, 4) is 0 Å². The Labute approximate surface area is 138 Å². The molecular weight excluding hydrogens is 354 g/mol. The third-order valence-corrected chi connectivity index (χ3v) is 4.83. The van der Waals surface area contributed by atoms with E-state index >= 15 is 0 Å². The third kappa shape index (κ3) is 4.81. The highest BCUT2D eigenvalue weighted by Gasteiger charge is 2.09. The molecule has 1 atom stereocenters. The standard InChI is InChI=1S/C16H17BrClNS/c1-12(15-8-7-13(17)11-16(15)18)19-9-10-20-14-5-3-2-4-6-14/h2-8,11-12,19H,9-10H2,1H3. The van der Waals surface area contributed by atoms with E-state index in [1.165, 1.54) is 4.90 Å². The van der Waals surface area contributed by atoms with Crippen molar-refractivity contribution in [1.82, 2.24) is 5.32 Å². The Morgan fingerprint density at radius 2 is 1.95 bits per heavy atom. The average molecular weight is 371 g/mol. The summed E-state index contributed by atoms with van der Waals surface area (Å²) in [6.07, 6.45) is 0. The molecular formula is C16H17BrClNS. The van der Waals surface area contributed by atoms with E-state index in [1.807, 2.05) is 30.0 Å². The number of halogens is 2. The number of nitrogens with one attached hydrogen (secondary N) is 1. The van der Waals surface area contributed by atoms with Gasteiger partial charge in [-0.15, -0.1) is 11.8 Å². The smallest absolute Gasteiger partial charge is 0.0464 e. The van der Waals surface area contributed by atoms with E-state index in [2.05, 4.69) is 58.5 Å². The number of hydrogen-bond acceptors (Lipinski definition) is 2. The zero-order chi connectivity index (χ0) is 14.4. The van der Waals surface area contributed by atoms with Crippen molar-refractivity contribution in [1.29, 1.82) is 0 Å². The molecule has 0 amide bonds. The monoisotopic (exact) mass is 369 g/mol. The van der Waals surface area contributed by atoms with Crippen molar-refractivity contribution in [2.45, 2.75) is 17.9 Å². The molecule has 0 aliphatic rings. The van der Waals surface area contributed by atoms with E-state index in [0.29, 0.717) is 0 Å². The van der Waals surface area contributed by atoms with Crippen LogP contribution in [-0.2, 0) is 0 Å². The first-order valence-electron chi connectivity index (χ1n) is 6.53. The highest BCUT2D eigenvalue weighted by Crippen LogP contribution is 2.26. The van der Waals surface area contributed by atoms with Crippen LogP contribution < -0.4 is 5.32 Å². The second kappa shape index (κ2) is 8.08. The normalized spacial score (nSPS) is 12.3. The fourth-order valence-corrected chi connectivity index (χ4v) is 3.57. The van der Waals surface area contributed by atoms with Gasteiger partial charge in [-0.1, -0.05) is 51.8 Å². The van der Waals surface area contributed by atoms with E-state index in [0.717, 1.165) is 27.4 Å². The van der Waals surface area contributed by atoms with E-state index in [1.54, 1.807) is 0 Å². The zero-order valence-corrected chi connectivity index (χ0v) is 14.4. The first-order valence-corrected chi connectivity index (χ1v) is 8.68. The predicted molar refractivity (Wildman–Crippen MR) is 92.7 cm³/mol. The van der Waals surface area contributed by atoms with E-state index in [4.69, 9.17) is 11.6 Å². The zero-order valence-electron chi connectivity index (χ0n) is 11.3. The van der Waals surface area contributed by atoms with Crippen molar-refractivity contribution in [2.75, 3.05) is 12.3 Å². The van der Waals surface area contributed by atoms with Gasteiger partial charge in [0.2, 0.25) is 0 Å². The molecule has 1 N–H and O–H groups in total. The number of hydrogen-bond donors (Lipinski definition) is 1. The van der Waals surface area contributed by atoms with Gasteiger partial charge in [-0.05, 0) is 36.8 Å². The molecule has 0 bridgehead atoms. The van der Waals surface area contributed by atoms with Gasteiger partial charge in [-0.3, -0.25) is 0 Å². The summed E-state index contributed by atoms with van der Waals surface area (Å²) in [5, 5.41) is 4.31. The van der Waals surface area contributed by atoms with E-state index in [-0.39, 0.29) is 6.04 Å². The summed E-state index contributed by atoms with van der Waals surface area (Å²) in [4.78, 5) is 1.31. The van der Waals surface area contributed by atoms with Gasteiger partial charge in [0, 0.05) is 32.7 Å². The average Bonchev–Trinajstić information content (AvgIpc) is 2.44. The molecule has 0 heterocycles. The highest BCUT2D eigenvalue weighted by atomic mass is 79.9. The Morgan fingerprint density at radius 3 is 2.65 bits per heavy atom. The summed E-state index contributed by atoms with van der Waals surface area (Å²) in [7, 11) is 0. The Morgan fingerprint density at radius 1 is 1.20 bits per heavy atom. The Balaban J connectivity index is 1.79. The second-order valence-corrected chi connectivity index (χ2v) is 6.99. The van der Waals surface area contributed by atoms with Crippen LogP contribution in [-0.4, -0.2) is 12.3 Å². The molecule has 1 nitrogen and oxygen atoms in total. The Kier molecular flexibility index (Phi) is 6.43. The van der Waals surface area contributed by atoms with E-state index in [9.17, 15) is 0 Å². The maximum absolute atomic E-state index is 6.26. The lowest BCUT2D eigenvalue weighted by molar-refractivity contribution is 0.601. The lowest BCUT2D eigenvalue weighted by Gasteiger charge is -2.15. The quantitative estimate of drug-likeness (QED) is 0.529. The number of benzene rings is 2. The first-order chi connectivity index (χ1) is 9.66. The van der Waals surface area contributed by atoms with Gasteiger partial charge in [0.15, 0.2) is 0 Å². The second-order valence-electron chi connectivity index (χ2n) is 4.50. The molecule has 4 heteroatoms. The minimum Gasteiger partial charge on any atom is -0.309 e. The molecule has 0 fully saturated rings. The van der Waals surface area contributed by atoms with Crippen molar-refractivity contribution in [3.05, 3.63) is 63.6 Å². The van der Waals surface area contributed by atoms with Crippen molar-refractivity contribution in [2.24, 2.45) is 0 Å². The summed E-state index contributed by atoms with van der Waals surface area (Å²) < 4.78 is 1.01. The van der Waals surface area contributed by atoms with Gasteiger partial charge in [0.05, 0.1) is 0 Å². The summed E-state index contributed by atoms with van der Waals surface area (Å²) in [5.74, 6) is 1.04. The molecule has 2 aromatic rings. The van der Waals surface area contributed by atoms with Crippen LogP contribution in [0.3, 0.4) is 0 Å². The summed E-state index contributed by atoms with van der Waals surface area (Å²) in [5.41, 5.74) is 1.14. The third-order valence-electron chi connectivity index (χ3n) is 2.99. The van der Waals surface area contributed by atoms with Gasteiger partial charge in [-0.25, -0.2) is 0 Å². The van der Waals surface area contributed by atoms with E-state index < -0.39 is 0 Å². The number of rotatable bonds is 6. The molecule has 106 valence electrons. The van der Waals surface area contributed by atoms with Crippen LogP contribution >= 0.6 is 39.3 Å². The predicted octanol–water partition coefficient (Wildman–Crippen LogP) is 5.55. The fourth-order valence-electron chi connectivity index (χ4n) is 1.92. The van der Waals surface area contributed by atoms with Gasteiger partial charge in [0.25, 0.3) is 0 Å². The lowest BCUT2D eigenvalue weighted by Crippen LogP contribution is -2.21. The van der Waals surface area contributed by atoms with Gasteiger partial charge < -0.3 is 5.32 Å². The first kappa shape index (κ1) is 15.9.